The van der Waals surface area contributed by atoms with Crippen LogP contribution >= 0.6 is 11.3 Å². The number of nitrogens with one attached hydrogen (secondary N) is 2. The number of hydrazine groups is 1. The van der Waals surface area contributed by atoms with Crippen LogP contribution in [0.25, 0.3) is 0 Å². The number of carbonyl (C=O) groups excluding carboxylic acids is 3. The fraction of sp³-hybridized carbons (Fsp3) is 0.381. The minimum absolute atomic E-state index is 0.277. The highest BCUT2D eigenvalue weighted by molar-refractivity contribution is 7.17. The first-order valence-corrected chi connectivity index (χ1v) is 10.7. The second-order valence-corrected chi connectivity index (χ2v) is 7.99. The summed E-state index contributed by atoms with van der Waals surface area (Å²) < 4.78 is 10.7. The number of nitrogens with two attached hydrogens (primary N) is 1. The topological polar surface area (TPSA) is 120 Å². The Bertz CT molecular complexity index is 939. The van der Waals surface area contributed by atoms with Crippen LogP contribution in [0.2, 0.25) is 0 Å². The third-order valence-corrected chi connectivity index (χ3v) is 6.03. The van der Waals surface area contributed by atoms with E-state index in [0.29, 0.717) is 21.9 Å². The van der Waals surface area contributed by atoms with E-state index in [1.54, 1.807) is 38.1 Å². The fourth-order valence-electron chi connectivity index (χ4n) is 3.31. The number of esters is 1. The maximum atomic E-state index is 12.8. The van der Waals surface area contributed by atoms with Gasteiger partial charge in [-0.1, -0.05) is 0 Å². The van der Waals surface area contributed by atoms with Gasteiger partial charge in [0.05, 0.1) is 12.2 Å². The zero-order valence-electron chi connectivity index (χ0n) is 16.9. The fourth-order valence-corrected chi connectivity index (χ4v) is 4.58. The number of thiophene rings is 1. The molecule has 1 aliphatic carbocycles. The lowest BCUT2D eigenvalue weighted by Gasteiger charge is -2.13. The number of amides is 2. The van der Waals surface area contributed by atoms with Crippen molar-refractivity contribution in [3.8, 4) is 5.75 Å². The summed E-state index contributed by atoms with van der Waals surface area (Å²) in [5.41, 5.74) is 3.90. The smallest absolute Gasteiger partial charge is 0.341 e. The van der Waals surface area contributed by atoms with Gasteiger partial charge in [-0.15, -0.1) is 11.3 Å². The molecular formula is C21H25N3O5S. The molecule has 0 bridgehead atoms. The molecule has 0 aliphatic heterocycles. The number of benzene rings is 1. The highest BCUT2D eigenvalue weighted by atomic mass is 32.1. The summed E-state index contributed by atoms with van der Waals surface area (Å²) in [5, 5.41) is 3.40. The molecule has 0 unspecified atom stereocenters. The Hall–Kier alpha value is -2.91. The Morgan fingerprint density at radius 2 is 1.87 bits per heavy atom. The molecule has 0 fully saturated rings. The number of rotatable bonds is 7. The Balaban J connectivity index is 1.76. The molecule has 0 spiro atoms. The van der Waals surface area contributed by atoms with Crippen molar-refractivity contribution in [1.82, 2.24) is 5.43 Å². The van der Waals surface area contributed by atoms with E-state index >= 15 is 0 Å². The molecule has 9 heteroatoms. The van der Waals surface area contributed by atoms with Gasteiger partial charge in [0, 0.05) is 10.4 Å². The number of ether oxygens (including phenoxy) is 2. The number of aryl methyl sites for hydroxylation is 1. The molecule has 1 heterocycles. The third kappa shape index (κ3) is 4.80. The average molecular weight is 432 g/mol. The van der Waals surface area contributed by atoms with Crippen LogP contribution in [0.3, 0.4) is 0 Å². The van der Waals surface area contributed by atoms with Gasteiger partial charge in [0.1, 0.15) is 10.8 Å². The molecule has 30 heavy (non-hydrogen) atoms. The van der Waals surface area contributed by atoms with E-state index in [1.165, 1.54) is 11.3 Å². The van der Waals surface area contributed by atoms with Crippen LogP contribution in [0.1, 0.15) is 57.8 Å². The highest BCUT2D eigenvalue weighted by Crippen LogP contribution is 2.38. The van der Waals surface area contributed by atoms with Gasteiger partial charge >= 0.3 is 5.97 Å². The standard InChI is InChI=1S/C21H25N3O5S/c1-3-28-21(27)17-15-6-4-5-7-16(15)30-20(17)23-19(26)13-8-10-14(11-9-13)29-12(2)18(25)24-22/h8-12H,3-7,22H2,1-2H3,(H,23,26)(H,24,25)/t12-/m0/s1. The largest absolute Gasteiger partial charge is 0.481 e. The van der Waals surface area contributed by atoms with E-state index in [9.17, 15) is 14.4 Å². The lowest BCUT2D eigenvalue weighted by molar-refractivity contribution is -0.127. The normalized spacial score (nSPS) is 13.7. The van der Waals surface area contributed by atoms with Gasteiger partial charge in [-0.2, -0.15) is 0 Å². The van der Waals surface area contributed by atoms with Crippen molar-refractivity contribution in [2.75, 3.05) is 11.9 Å². The molecule has 4 N–H and O–H groups in total. The van der Waals surface area contributed by atoms with Crippen molar-refractivity contribution in [2.45, 2.75) is 45.6 Å². The average Bonchev–Trinajstić information content (AvgIpc) is 3.11. The number of carbonyl (C=O) groups is 3. The van der Waals surface area contributed by atoms with Gasteiger partial charge in [0.25, 0.3) is 11.8 Å². The SMILES string of the molecule is CCOC(=O)c1c(NC(=O)c2ccc(O[C@@H](C)C(=O)NN)cc2)sc2c1CCCC2. The van der Waals surface area contributed by atoms with E-state index in [0.717, 1.165) is 36.1 Å². The number of hydrogen-bond acceptors (Lipinski definition) is 7. The van der Waals surface area contributed by atoms with E-state index in [1.807, 2.05) is 5.43 Å². The summed E-state index contributed by atoms with van der Waals surface area (Å²) in [4.78, 5) is 37.9. The summed E-state index contributed by atoms with van der Waals surface area (Å²) in [6.07, 6.45) is 3.05. The molecule has 1 aliphatic rings. The van der Waals surface area contributed by atoms with Crippen LogP contribution in [0.4, 0.5) is 5.00 Å². The van der Waals surface area contributed by atoms with Crippen LogP contribution < -0.4 is 21.3 Å². The van der Waals surface area contributed by atoms with Gasteiger partial charge in [-0.3, -0.25) is 15.0 Å². The Labute approximate surface area is 178 Å². The Morgan fingerprint density at radius 3 is 2.53 bits per heavy atom. The van der Waals surface area contributed by atoms with Gasteiger partial charge in [-0.05, 0) is 69.4 Å². The van der Waals surface area contributed by atoms with Crippen molar-refractivity contribution < 1.29 is 23.9 Å². The van der Waals surface area contributed by atoms with Crippen molar-refractivity contribution >= 4 is 34.1 Å². The molecular weight excluding hydrogens is 406 g/mol. The van der Waals surface area contributed by atoms with Crippen molar-refractivity contribution in [3.63, 3.8) is 0 Å². The lowest BCUT2D eigenvalue weighted by Crippen LogP contribution is -2.40. The summed E-state index contributed by atoms with van der Waals surface area (Å²) in [5.74, 6) is 4.33. The molecule has 1 aromatic heterocycles. The van der Waals surface area contributed by atoms with E-state index in [2.05, 4.69) is 5.32 Å². The van der Waals surface area contributed by atoms with Crippen LogP contribution in [0, 0.1) is 0 Å². The summed E-state index contributed by atoms with van der Waals surface area (Å²) >= 11 is 1.44. The predicted octanol–water partition coefficient (Wildman–Crippen LogP) is 2.81. The molecule has 2 aromatic rings. The van der Waals surface area contributed by atoms with Gasteiger partial charge in [0.15, 0.2) is 6.10 Å². The van der Waals surface area contributed by atoms with E-state index in [-0.39, 0.29) is 12.5 Å². The monoisotopic (exact) mass is 431 g/mol. The number of fused-ring (bicyclic) bond motifs is 1. The quantitative estimate of drug-likeness (QED) is 0.268. The lowest BCUT2D eigenvalue weighted by atomic mass is 9.95. The van der Waals surface area contributed by atoms with Gasteiger partial charge in [0.2, 0.25) is 0 Å². The summed E-state index contributed by atoms with van der Waals surface area (Å²) in [7, 11) is 0. The first-order valence-electron chi connectivity index (χ1n) is 9.84. The molecule has 1 atom stereocenters. The highest BCUT2D eigenvalue weighted by Gasteiger charge is 2.27. The van der Waals surface area contributed by atoms with Gasteiger partial charge in [-0.25, -0.2) is 10.6 Å². The van der Waals surface area contributed by atoms with Crippen LogP contribution in [0.5, 0.6) is 5.75 Å². The Kier molecular flexibility index (Phi) is 7.07. The van der Waals surface area contributed by atoms with Crippen molar-refractivity contribution in [3.05, 3.63) is 45.8 Å². The molecule has 0 saturated carbocycles. The molecule has 0 saturated heterocycles. The zero-order chi connectivity index (χ0) is 21.7. The van der Waals surface area contributed by atoms with Crippen molar-refractivity contribution in [2.24, 2.45) is 5.84 Å². The first kappa shape index (κ1) is 21.8. The summed E-state index contributed by atoms with van der Waals surface area (Å²) in [6, 6.07) is 6.38. The van der Waals surface area contributed by atoms with E-state index < -0.39 is 18.0 Å². The maximum absolute atomic E-state index is 12.8. The Morgan fingerprint density at radius 1 is 1.17 bits per heavy atom. The maximum Gasteiger partial charge on any atom is 0.341 e. The summed E-state index contributed by atoms with van der Waals surface area (Å²) in [6.45, 7) is 3.60. The third-order valence-electron chi connectivity index (χ3n) is 4.82. The van der Waals surface area contributed by atoms with Crippen LogP contribution in [0.15, 0.2) is 24.3 Å². The predicted molar refractivity (Wildman–Crippen MR) is 114 cm³/mol. The molecule has 0 radical (unpaired) electrons. The molecule has 2 amide bonds. The van der Waals surface area contributed by atoms with Crippen LogP contribution in [-0.2, 0) is 22.4 Å². The zero-order valence-corrected chi connectivity index (χ0v) is 17.8. The number of anilines is 1. The second-order valence-electron chi connectivity index (χ2n) is 6.88. The van der Waals surface area contributed by atoms with Gasteiger partial charge < -0.3 is 14.8 Å². The minimum atomic E-state index is -0.765. The second kappa shape index (κ2) is 9.73. The number of hydrogen-bond donors (Lipinski definition) is 3. The molecule has 160 valence electrons. The molecule has 8 nitrogen and oxygen atoms in total. The van der Waals surface area contributed by atoms with Crippen LogP contribution in [-0.4, -0.2) is 30.5 Å². The molecule has 3 rings (SSSR count). The minimum Gasteiger partial charge on any atom is -0.481 e. The van der Waals surface area contributed by atoms with Crippen molar-refractivity contribution in [1.29, 1.82) is 0 Å². The first-order chi connectivity index (χ1) is 14.4. The van der Waals surface area contributed by atoms with E-state index in [4.69, 9.17) is 15.3 Å². The molecule has 1 aromatic carbocycles.